The average Bonchev–Trinajstić information content (AvgIpc) is 3.37. The molecule has 0 saturated carbocycles. The predicted octanol–water partition coefficient (Wildman–Crippen LogP) is 12.2. The molecule has 0 N–H and O–H groups in total. The van der Waals surface area contributed by atoms with Crippen LogP contribution in [0.3, 0.4) is 0 Å². The third-order valence-electron chi connectivity index (χ3n) is 7.69. The maximum atomic E-state index is 13.3. The Kier molecular flexibility index (Phi) is 6.32. The molecule has 43 heavy (non-hydrogen) atoms. The van der Waals surface area contributed by atoms with Crippen molar-refractivity contribution in [3.63, 3.8) is 0 Å². The number of hydrogen-bond donors (Lipinski definition) is 0. The summed E-state index contributed by atoms with van der Waals surface area (Å²) in [5.41, 5.74) is 1.36. The molecule has 7 rings (SSSR count). The van der Waals surface area contributed by atoms with Crippen molar-refractivity contribution in [1.29, 1.82) is 0 Å². The Balaban J connectivity index is 1.20. The summed E-state index contributed by atoms with van der Waals surface area (Å²) in [7, 11) is 0. The quantitative estimate of drug-likeness (QED) is 0.178. The fraction of sp³-hybridized carbons (Fsp3) is 0.0556. The zero-order valence-electron chi connectivity index (χ0n) is 22.2. The Labute approximate surface area is 246 Å². The molecule has 0 atom stereocenters. The SMILES string of the molecule is FC(F)(F)c1cc(-c2ccc(-c3ccc4cc(-c5ccc6sc7ccccc7c6c5)ccc4c3)cc2)cc(C(F)(F)F)c1. The Bertz CT molecular complexity index is 2120. The van der Waals surface area contributed by atoms with Crippen LogP contribution in [0.4, 0.5) is 26.3 Å². The molecule has 0 aliphatic rings. The number of halogens is 6. The molecule has 7 aromatic rings. The summed E-state index contributed by atoms with van der Waals surface area (Å²) in [4.78, 5) is 0. The van der Waals surface area contributed by atoms with E-state index in [1.807, 2.05) is 24.3 Å². The van der Waals surface area contributed by atoms with Gasteiger partial charge in [0.2, 0.25) is 0 Å². The number of fused-ring (bicyclic) bond motifs is 4. The standard InChI is InChI=1S/C36H20F6S/c37-35(38,39)29-17-28(18-30(20-29)36(40,41)42)22-7-5-21(6-8-22)23-9-10-25-16-26(12-11-24(25)15-23)27-13-14-34-32(19-27)31-3-1-2-4-33(31)43-34/h1-20H. The van der Waals surface area contributed by atoms with E-state index in [0.29, 0.717) is 0 Å². The van der Waals surface area contributed by atoms with E-state index in [2.05, 4.69) is 54.6 Å². The van der Waals surface area contributed by atoms with Crippen molar-refractivity contribution >= 4 is 42.3 Å². The van der Waals surface area contributed by atoms with Crippen molar-refractivity contribution < 1.29 is 26.3 Å². The summed E-state index contributed by atoms with van der Waals surface area (Å²) in [5.74, 6) is 0. The highest BCUT2D eigenvalue weighted by Gasteiger charge is 2.37. The maximum absolute atomic E-state index is 13.3. The summed E-state index contributed by atoms with van der Waals surface area (Å²) >= 11 is 1.78. The van der Waals surface area contributed by atoms with Crippen molar-refractivity contribution in [1.82, 2.24) is 0 Å². The van der Waals surface area contributed by atoms with Crippen LogP contribution >= 0.6 is 11.3 Å². The van der Waals surface area contributed by atoms with E-state index in [-0.39, 0.29) is 17.2 Å². The van der Waals surface area contributed by atoms with Crippen LogP contribution in [-0.4, -0.2) is 0 Å². The van der Waals surface area contributed by atoms with E-state index >= 15 is 0 Å². The number of rotatable bonds is 3. The number of benzene rings is 6. The molecular formula is C36H20F6S. The van der Waals surface area contributed by atoms with E-state index in [1.54, 1.807) is 35.6 Å². The van der Waals surface area contributed by atoms with E-state index in [4.69, 9.17) is 0 Å². The van der Waals surface area contributed by atoms with E-state index in [9.17, 15) is 26.3 Å². The highest BCUT2D eigenvalue weighted by Crippen LogP contribution is 2.40. The monoisotopic (exact) mass is 598 g/mol. The molecule has 212 valence electrons. The largest absolute Gasteiger partial charge is 0.416 e. The molecule has 0 amide bonds. The number of thiophene rings is 1. The van der Waals surface area contributed by atoms with Gasteiger partial charge >= 0.3 is 12.4 Å². The fourth-order valence-corrected chi connectivity index (χ4v) is 6.57. The van der Waals surface area contributed by atoms with E-state index < -0.39 is 23.5 Å². The Hall–Kier alpha value is -4.62. The molecule has 0 aliphatic heterocycles. The Morgan fingerprint density at radius 3 is 1.44 bits per heavy atom. The van der Waals surface area contributed by atoms with Crippen LogP contribution in [0.5, 0.6) is 0 Å². The van der Waals surface area contributed by atoms with Crippen molar-refractivity contribution in [2.75, 3.05) is 0 Å². The van der Waals surface area contributed by atoms with Crippen molar-refractivity contribution in [3.05, 3.63) is 132 Å². The smallest absolute Gasteiger partial charge is 0.166 e. The first-order valence-corrected chi connectivity index (χ1v) is 14.2. The second-order valence-corrected chi connectivity index (χ2v) is 11.5. The summed E-state index contributed by atoms with van der Waals surface area (Å²) in [6, 6.07) is 35.3. The van der Waals surface area contributed by atoms with Gasteiger partial charge in [-0.15, -0.1) is 11.3 Å². The molecular weight excluding hydrogens is 578 g/mol. The lowest BCUT2D eigenvalue weighted by molar-refractivity contribution is -0.143. The molecule has 0 spiro atoms. The van der Waals surface area contributed by atoms with Gasteiger partial charge in [0.1, 0.15) is 0 Å². The van der Waals surface area contributed by atoms with Gasteiger partial charge in [0.15, 0.2) is 0 Å². The third kappa shape index (κ3) is 5.14. The zero-order valence-corrected chi connectivity index (χ0v) is 23.0. The normalized spacial score (nSPS) is 12.4. The van der Waals surface area contributed by atoms with Crippen LogP contribution in [0.15, 0.2) is 121 Å². The molecule has 0 saturated heterocycles. The Morgan fingerprint density at radius 2 is 0.837 bits per heavy atom. The summed E-state index contributed by atoms with van der Waals surface area (Å²) < 4.78 is 82.5. The molecule has 0 aliphatic carbocycles. The average molecular weight is 599 g/mol. The predicted molar refractivity (Wildman–Crippen MR) is 163 cm³/mol. The van der Waals surface area contributed by atoms with E-state index in [0.717, 1.165) is 45.2 Å². The summed E-state index contributed by atoms with van der Waals surface area (Å²) in [5, 5.41) is 4.54. The number of alkyl halides is 6. The van der Waals surface area contributed by atoms with Gasteiger partial charge < -0.3 is 0 Å². The minimum absolute atomic E-state index is 0.140. The van der Waals surface area contributed by atoms with Crippen LogP contribution in [0.25, 0.3) is 64.3 Å². The van der Waals surface area contributed by atoms with E-state index in [1.165, 1.54) is 20.2 Å². The van der Waals surface area contributed by atoms with Crippen LogP contribution < -0.4 is 0 Å². The second kappa shape index (κ2) is 9.99. The lowest BCUT2D eigenvalue weighted by Crippen LogP contribution is -2.11. The molecule has 0 unspecified atom stereocenters. The first-order valence-electron chi connectivity index (χ1n) is 13.4. The Morgan fingerprint density at radius 1 is 0.372 bits per heavy atom. The van der Waals surface area contributed by atoms with Crippen LogP contribution in [0.2, 0.25) is 0 Å². The first kappa shape index (κ1) is 27.2. The maximum Gasteiger partial charge on any atom is 0.416 e. The first-order chi connectivity index (χ1) is 20.5. The van der Waals surface area contributed by atoms with Gasteiger partial charge in [-0.3, -0.25) is 0 Å². The van der Waals surface area contributed by atoms with Gasteiger partial charge in [0.25, 0.3) is 0 Å². The molecule has 0 radical (unpaired) electrons. The molecule has 0 bridgehead atoms. The van der Waals surface area contributed by atoms with Crippen molar-refractivity contribution in [3.8, 4) is 33.4 Å². The molecule has 0 fully saturated rings. The molecule has 7 heteroatoms. The zero-order chi connectivity index (χ0) is 29.9. The van der Waals surface area contributed by atoms with Gasteiger partial charge in [-0.05, 0) is 92.7 Å². The van der Waals surface area contributed by atoms with Gasteiger partial charge in [0.05, 0.1) is 11.1 Å². The molecule has 1 aromatic heterocycles. The molecule has 0 nitrogen and oxygen atoms in total. The van der Waals surface area contributed by atoms with Crippen molar-refractivity contribution in [2.45, 2.75) is 12.4 Å². The van der Waals surface area contributed by atoms with Gasteiger partial charge in [0, 0.05) is 20.2 Å². The van der Waals surface area contributed by atoms with Gasteiger partial charge in [-0.2, -0.15) is 26.3 Å². The highest BCUT2D eigenvalue weighted by molar-refractivity contribution is 7.25. The molecule has 1 heterocycles. The minimum atomic E-state index is -4.90. The van der Waals surface area contributed by atoms with Crippen LogP contribution in [0, 0.1) is 0 Å². The van der Waals surface area contributed by atoms with Crippen LogP contribution in [-0.2, 0) is 12.4 Å². The highest BCUT2D eigenvalue weighted by atomic mass is 32.1. The summed E-state index contributed by atoms with van der Waals surface area (Å²) in [6.45, 7) is 0. The van der Waals surface area contributed by atoms with Gasteiger partial charge in [-0.25, -0.2) is 0 Å². The topological polar surface area (TPSA) is 0 Å². The fourth-order valence-electron chi connectivity index (χ4n) is 5.49. The minimum Gasteiger partial charge on any atom is -0.166 e. The second-order valence-electron chi connectivity index (χ2n) is 10.5. The van der Waals surface area contributed by atoms with Crippen LogP contribution in [0.1, 0.15) is 11.1 Å². The van der Waals surface area contributed by atoms with Gasteiger partial charge in [-0.1, -0.05) is 72.8 Å². The lowest BCUT2D eigenvalue weighted by atomic mass is 9.95. The van der Waals surface area contributed by atoms with Crippen molar-refractivity contribution in [2.24, 2.45) is 0 Å². The number of hydrogen-bond acceptors (Lipinski definition) is 1. The molecule has 6 aromatic carbocycles. The third-order valence-corrected chi connectivity index (χ3v) is 8.84. The summed E-state index contributed by atoms with van der Waals surface area (Å²) in [6.07, 6.45) is -9.79. The lowest BCUT2D eigenvalue weighted by Gasteiger charge is -2.14.